The van der Waals surface area contributed by atoms with Crippen LogP contribution < -0.4 is 0 Å². The molecule has 160 valence electrons. The van der Waals surface area contributed by atoms with Gasteiger partial charge in [0.2, 0.25) is 17.6 Å². The highest BCUT2D eigenvalue weighted by atomic mass is 16.5. The first-order valence-corrected chi connectivity index (χ1v) is 10.6. The van der Waals surface area contributed by atoms with Crippen LogP contribution in [0.4, 0.5) is 0 Å². The summed E-state index contributed by atoms with van der Waals surface area (Å²) in [5.74, 6) is 1.01. The van der Waals surface area contributed by atoms with E-state index < -0.39 is 0 Å². The number of hydrogen-bond acceptors (Lipinski definition) is 4. The van der Waals surface area contributed by atoms with Gasteiger partial charge in [-0.05, 0) is 24.1 Å². The average Bonchev–Trinajstić information content (AvgIpc) is 3.31. The summed E-state index contributed by atoms with van der Waals surface area (Å²) in [4.78, 5) is 19.3. The van der Waals surface area contributed by atoms with E-state index in [-0.39, 0.29) is 5.91 Å². The summed E-state index contributed by atoms with van der Waals surface area (Å²) in [6, 6.07) is 27.7. The molecule has 0 aliphatic carbocycles. The van der Waals surface area contributed by atoms with Crippen LogP contribution in [0.5, 0.6) is 0 Å². The van der Waals surface area contributed by atoms with Crippen LogP contribution in [0.3, 0.4) is 0 Å². The predicted molar refractivity (Wildman–Crippen MR) is 126 cm³/mol. The molecule has 1 amide bonds. The molecule has 5 heteroatoms. The molecule has 0 radical (unpaired) electrons. The summed E-state index contributed by atoms with van der Waals surface area (Å²) in [5.41, 5.74) is 4.14. The third-order valence-corrected chi connectivity index (χ3v) is 5.12. The van der Waals surface area contributed by atoms with E-state index in [2.05, 4.69) is 10.1 Å². The molecule has 0 saturated heterocycles. The summed E-state index contributed by atoms with van der Waals surface area (Å²) in [6.07, 6.45) is 3.93. The molecule has 0 fully saturated rings. The second kappa shape index (κ2) is 10.4. The van der Waals surface area contributed by atoms with E-state index in [1.54, 1.807) is 11.0 Å². The molecule has 4 aromatic rings. The van der Waals surface area contributed by atoms with Crippen LogP contribution in [0.1, 0.15) is 22.6 Å². The number of rotatable bonds is 8. The Morgan fingerprint density at radius 3 is 2.34 bits per heavy atom. The van der Waals surface area contributed by atoms with Gasteiger partial charge in [-0.3, -0.25) is 4.79 Å². The SMILES string of the molecule is Cc1ccc(-c2noc(CCN(Cc3ccccc3)C(=O)/C=C/c3ccccc3)n2)cc1. The van der Waals surface area contributed by atoms with E-state index in [0.29, 0.717) is 31.2 Å². The fraction of sp³-hybridized carbons (Fsp3) is 0.148. The van der Waals surface area contributed by atoms with Crippen LogP contribution in [0.25, 0.3) is 17.5 Å². The Balaban J connectivity index is 1.46. The van der Waals surface area contributed by atoms with Gasteiger partial charge in [-0.15, -0.1) is 0 Å². The Morgan fingerprint density at radius 2 is 1.62 bits per heavy atom. The number of carbonyl (C=O) groups excluding carboxylic acids is 1. The fourth-order valence-corrected chi connectivity index (χ4v) is 3.31. The van der Waals surface area contributed by atoms with E-state index in [9.17, 15) is 4.79 Å². The van der Waals surface area contributed by atoms with E-state index >= 15 is 0 Å². The van der Waals surface area contributed by atoms with Gasteiger partial charge in [0, 0.05) is 31.1 Å². The van der Waals surface area contributed by atoms with Crippen LogP contribution >= 0.6 is 0 Å². The Labute approximate surface area is 188 Å². The minimum absolute atomic E-state index is 0.0593. The van der Waals surface area contributed by atoms with Crippen LogP contribution in [0.2, 0.25) is 0 Å². The molecule has 32 heavy (non-hydrogen) atoms. The van der Waals surface area contributed by atoms with Crippen molar-refractivity contribution < 1.29 is 9.32 Å². The molecular weight excluding hydrogens is 398 g/mol. The molecule has 0 aliphatic heterocycles. The van der Waals surface area contributed by atoms with Crippen molar-refractivity contribution in [1.82, 2.24) is 15.0 Å². The van der Waals surface area contributed by atoms with E-state index in [1.807, 2.05) is 97.9 Å². The zero-order valence-corrected chi connectivity index (χ0v) is 18.0. The van der Waals surface area contributed by atoms with Crippen LogP contribution in [0.15, 0.2) is 95.5 Å². The number of amides is 1. The quantitative estimate of drug-likeness (QED) is 0.360. The molecular formula is C27H25N3O2. The lowest BCUT2D eigenvalue weighted by Crippen LogP contribution is -2.31. The monoisotopic (exact) mass is 423 g/mol. The summed E-state index contributed by atoms with van der Waals surface area (Å²) >= 11 is 0. The summed E-state index contributed by atoms with van der Waals surface area (Å²) < 4.78 is 5.44. The number of hydrogen-bond donors (Lipinski definition) is 0. The largest absolute Gasteiger partial charge is 0.339 e. The van der Waals surface area contributed by atoms with Gasteiger partial charge in [-0.1, -0.05) is 95.6 Å². The molecule has 0 aliphatic rings. The van der Waals surface area contributed by atoms with Gasteiger partial charge in [-0.2, -0.15) is 4.98 Å². The molecule has 0 N–H and O–H groups in total. The standard InChI is InChI=1S/C27H25N3O2/c1-21-12-15-24(16-13-21)27-28-25(32-29-27)18-19-30(20-23-10-6-3-7-11-23)26(31)17-14-22-8-4-2-5-9-22/h2-17H,18-20H2,1H3/b17-14+. The van der Waals surface area contributed by atoms with Crippen LogP contribution in [-0.2, 0) is 17.8 Å². The molecule has 1 aromatic heterocycles. The second-order valence-electron chi connectivity index (χ2n) is 7.62. The highest BCUT2D eigenvalue weighted by Crippen LogP contribution is 2.17. The molecule has 0 spiro atoms. The molecule has 3 aromatic carbocycles. The first kappa shape index (κ1) is 21.2. The molecule has 0 saturated carbocycles. The maximum absolute atomic E-state index is 13.0. The molecule has 4 rings (SSSR count). The predicted octanol–water partition coefficient (Wildman–Crippen LogP) is 5.33. The van der Waals surface area contributed by atoms with Gasteiger partial charge in [-0.25, -0.2) is 0 Å². The van der Waals surface area contributed by atoms with Crippen molar-refractivity contribution in [3.05, 3.63) is 114 Å². The number of benzene rings is 3. The number of nitrogens with zero attached hydrogens (tertiary/aromatic N) is 3. The van der Waals surface area contributed by atoms with Crippen molar-refractivity contribution in [3.63, 3.8) is 0 Å². The summed E-state index contributed by atoms with van der Waals surface area (Å²) in [5, 5.41) is 4.10. The Hall–Kier alpha value is -3.99. The van der Waals surface area contributed by atoms with Crippen molar-refractivity contribution in [2.24, 2.45) is 0 Å². The minimum atomic E-state index is -0.0593. The van der Waals surface area contributed by atoms with Gasteiger partial charge in [0.1, 0.15) is 0 Å². The highest BCUT2D eigenvalue weighted by molar-refractivity contribution is 5.91. The van der Waals surface area contributed by atoms with Crippen molar-refractivity contribution in [2.45, 2.75) is 19.9 Å². The average molecular weight is 424 g/mol. The third kappa shape index (κ3) is 5.79. The zero-order valence-electron chi connectivity index (χ0n) is 18.0. The Kier molecular flexibility index (Phi) is 6.88. The van der Waals surface area contributed by atoms with E-state index in [0.717, 1.165) is 16.7 Å². The maximum atomic E-state index is 13.0. The number of aryl methyl sites for hydroxylation is 1. The minimum Gasteiger partial charge on any atom is -0.339 e. The van der Waals surface area contributed by atoms with Gasteiger partial charge >= 0.3 is 0 Å². The lowest BCUT2D eigenvalue weighted by atomic mass is 10.1. The van der Waals surface area contributed by atoms with Crippen molar-refractivity contribution in [1.29, 1.82) is 0 Å². The lowest BCUT2D eigenvalue weighted by Gasteiger charge is -2.20. The molecule has 1 heterocycles. The smallest absolute Gasteiger partial charge is 0.246 e. The number of aromatic nitrogens is 2. The zero-order chi connectivity index (χ0) is 22.2. The molecule has 5 nitrogen and oxygen atoms in total. The highest BCUT2D eigenvalue weighted by Gasteiger charge is 2.15. The van der Waals surface area contributed by atoms with Gasteiger partial charge in [0.15, 0.2) is 0 Å². The summed E-state index contributed by atoms with van der Waals surface area (Å²) in [7, 11) is 0. The summed E-state index contributed by atoms with van der Waals surface area (Å²) in [6.45, 7) is 3.02. The van der Waals surface area contributed by atoms with Crippen molar-refractivity contribution in [3.8, 4) is 11.4 Å². The van der Waals surface area contributed by atoms with E-state index in [4.69, 9.17) is 4.52 Å². The van der Waals surface area contributed by atoms with Gasteiger partial charge in [0.05, 0.1) is 0 Å². The molecule has 0 unspecified atom stereocenters. The second-order valence-corrected chi connectivity index (χ2v) is 7.62. The van der Waals surface area contributed by atoms with Gasteiger partial charge in [0.25, 0.3) is 0 Å². The first-order chi connectivity index (χ1) is 15.7. The third-order valence-electron chi connectivity index (χ3n) is 5.12. The topological polar surface area (TPSA) is 59.2 Å². The lowest BCUT2D eigenvalue weighted by molar-refractivity contribution is -0.126. The fourth-order valence-electron chi connectivity index (χ4n) is 3.31. The van der Waals surface area contributed by atoms with Gasteiger partial charge < -0.3 is 9.42 Å². The van der Waals surface area contributed by atoms with E-state index in [1.165, 1.54) is 5.56 Å². The van der Waals surface area contributed by atoms with Crippen LogP contribution in [0, 0.1) is 6.92 Å². The number of carbonyl (C=O) groups is 1. The van der Waals surface area contributed by atoms with Crippen molar-refractivity contribution >= 4 is 12.0 Å². The molecule has 0 bridgehead atoms. The Bertz CT molecular complexity index is 1170. The van der Waals surface area contributed by atoms with Crippen molar-refractivity contribution in [2.75, 3.05) is 6.54 Å². The maximum Gasteiger partial charge on any atom is 0.246 e. The Morgan fingerprint density at radius 1 is 0.938 bits per heavy atom. The normalized spacial score (nSPS) is 11.0. The molecule has 0 atom stereocenters. The van der Waals surface area contributed by atoms with Crippen LogP contribution in [-0.4, -0.2) is 27.5 Å². The first-order valence-electron chi connectivity index (χ1n) is 10.6.